The lowest BCUT2D eigenvalue weighted by Crippen LogP contribution is -2.25. The molecule has 0 radical (unpaired) electrons. The minimum absolute atomic E-state index is 0.0605. The number of carbonyl (C=O) groups is 2. The standard InChI is InChI=1S/C22H26N4O2/c1-4-20(27)26-22-24-18-9-8-16(13-19(18)25-22)15-6-5-7-17(12-15)21(28)23-11-10-14(2)3/h5-9,12-14H,4,10-11H2,1-3H3,(H,23,28)(H2,24,25,26,27). The van der Waals surface area contributed by atoms with Gasteiger partial charge in [0.25, 0.3) is 5.91 Å². The van der Waals surface area contributed by atoms with Gasteiger partial charge < -0.3 is 10.3 Å². The second-order valence-corrected chi connectivity index (χ2v) is 7.24. The molecule has 6 heteroatoms. The Labute approximate surface area is 164 Å². The van der Waals surface area contributed by atoms with Crippen LogP contribution in [0.25, 0.3) is 22.2 Å². The van der Waals surface area contributed by atoms with Gasteiger partial charge in [0.05, 0.1) is 11.0 Å². The largest absolute Gasteiger partial charge is 0.352 e. The molecule has 0 saturated heterocycles. The number of aromatic amines is 1. The number of rotatable bonds is 7. The zero-order chi connectivity index (χ0) is 20.1. The van der Waals surface area contributed by atoms with Crippen LogP contribution in [-0.2, 0) is 4.79 Å². The van der Waals surface area contributed by atoms with Gasteiger partial charge >= 0.3 is 0 Å². The summed E-state index contributed by atoms with van der Waals surface area (Å²) in [5, 5.41) is 5.70. The smallest absolute Gasteiger partial charge is 0.251 e. The van der Waals surface area contributed by atoms with Gasteiger partial charge in [0, 0.05) is 18.5 Å². The number of hydrogen-bond donors (Lipinski definition) is 3. The Kier molecular flexibility index (Phi) is 6.09. The van der Waals surface area contributed by atoms with Crippen LogP contribution in [0.4, 0.5) is 5.95 Å². The number of nitrogens with zero attached hydrogens (tertiary/aromatic N) is 1. The van der Waals surface area contributed by atoms with Crippen LogP contribution in [0.3, 0.4) is 0 Å². The van der Waals surface area contributed by atoms with Crippen LogP contribution >= 0.6 is 0 Å². The molecule has 0 aliphatic rings. The molecule has 2 aromatic carbocycles. The molecule has 0 aliphatic carbocycles. The molecule has 1 aromatic heterocycles. The van der Waals surface area contributed by atoms with Crippen molar-refractivity contribution >= 4 is 28.8 Å². The molecule has 0 aliphatic heterocycles. The van der Waals surface area contributed by atoms with Gasteiger partial charge in [-0.2, -0.15) is 0 Å². The highest BCUT2D eigenvalue weighted by molar-refractivity contribution is 5.96. The molecule has 0 spiro atoms. The number of H-pyrrole nitrogens is 1. The summed E-state index contributed by atoms with van der Waals surface area (Å²) in [6.45, 7) is 6.74. The van der Waals surface area contributed by atoms with Crippen molar-refractivity contribution in [2.24, 2.45) is 5.92 Å². The van der Waals surface area contributed by atoms with E-state index < -0.39 is 0 Å². The molecule has 0 atom stereocenters. The fourth-order valence-corrected chi connectivity index (χ4v) is 2.89. The first-order valence-corrected chi connectivity index (χ1v) is 9.64. The first-order chi connectivity index (χ1) is 13.5. The number of aromatic nitrogens is 2. The summed E-state index contributed by atoms with van der Waals surface area (Å²) in [4.78, 5) is 31.4. The Morgan fingerprint density at radius 1 is 1.11 bits per heavy atom. The SMILES string of the molecule is CCC(=O)Nc1nc2ccc(-c3cccc(C(=O)NCCC(C)C)c3)cc2[nH]1. The summed E-state index contributed by atoms with van der Waals surface area (Å²) in [5.74, 6) is 0.849. The van der Waals surface area contributed by atoms with Crippen LogP contribution in [-0.4, -0.2) is 28.3 Å². The highest BCUT2D eigenvalue weighted by Gasteiger charge is 2.10. The topological polar surface area (TPSA) is 86.9 Å². The molecule has 146 valence electrons. The first-order valence-electron chi connectivity index (χ1n) is 9.64. The number of amides is 2. The number of nitrogens with one attached hydrogen (secondary N) is 3. The van der Waals surface area contributed by atoms with E-state index in [0.29, 0.717) is 30.4 Å². The van der Waals surface area contributed by atoms with Crippen LogP contribution < -0.4 is 10.6 Å². The van der Waals surface area contributed by atoms with Crippen molar-refractivity contribution in [2.45, 2.75) is 33.6 Å². The van der Waals surface area contributed by atoms with E-state index in [2.05, 4.69) is 34.4 Å². The third kappa shape index (κ3) is 4.76. The first kappa shape index (κ1) is 19.6. The maximum atomic E-state index is 12.4. The molecule has 3 rings (SSSR count). The lowest BCUT2D eigenvalue weighted by Gasteiger charge is -2.09. The van der Waals surface area contributed by atoms with E-state index in [4.69, 9.17) is 0 Å². The molecular formula is C22H26N4O2. The van der Waals surface area contributed by atoms with Crippen molar-refractivity contribution in [3.8, 4) is 11.1 Å². The number of imidazole rings is 1. The van der Waals surface area contributed by atoms with Crippen LogP contribution in [0.1, 0.15) is 44.0 Å². The van der Waals surface area contributed by atoms with Gasteiger partial charge in [0.1, 0.15) is 0 Å². The summed E-state index contributed by atoms with van der Waals surface area (Å²) in [5.41, 5.74) is 4.17. The van der Waals surface area contributed by atoms with Crippen LogP contribution in [0.5, 0.6) is 0 Å². The zero-order valence-corrected chi connectivity index (χ0v) is 16.5. The van der Waals surface area contributed by atoms with Crippen molar-refractivity contribution in [1.82, 2.24) is 15.3 Å². The Balaban J connectivity index is 1.80. The van der Waals surface area contributed by atoms with Crippen LogP contribution in [0.2, 0.25) is 0 Å². The van der Waals surface area contributed by atoms with Crippen LogP contribution in [0.15, 0.2) is 42.5 Å². The zero-order valence-electron chi connectivity index (χ0n) is 16.5. The Morgan fingerprint density at radius 3 is 2.64 bits per heavy atom. The molecule has 1 heterocycles. The van der Waals surface area contributed by atoms with Gasteiger partial charge in [0.2, 0.25) is 11.9 Å². The highest BCUT2D eigenvalue weighted by Crippen LogP contribution is 2.25. The molecule has 6 nitrogen and oxygen atoms in total. The summed E-state index contributed by atoms with van der Waals surface area (Å²) >= 11 is 0. The molecule has 3 aromatic rings. The quantitative estimate of drug-likeness (QED) is 0.571. The average Bonchev–Trinajstić information content (AvgIpc) is 3.08. The van der Waals surface area contributed by atoms with E-state index in [1.807, 2.05) is 42.5 Å². The van der Waals surface area contributed by atoms with Crippen molar-refractivity contribution < 1.29 is 9.59 Å². The number of carbonyl (C=O) groups excluding carboxylic acids is 2. The molecule has 0 saturated carbocycles. The van der Waals surface area contributed by atoms with Gasteiger partial charge in [-0.15, -0.1) is 0 Å². The van der Waals surface area contributed by atoms with Gasteiger partial charge in [-0.25, -0.2) is 4.98 Å². The summed E-state index contributed by atoms with van der Waals surface area (Å²) in [6.07, 6.45) is 1.35. The minimum Gasteiger partial charge on any atom is -0.352 e. The molecular weight excluding hydrogens is 352 g/mol. The van der Waals surface area contributed by atoms with Gasteiger partial charge in [0.15, 0.2) is 0 Å². The molecule has 0 unspecified atom stereocenters. The Hall–Kier alpha value is -3.15. The maximum absolute atomic E-state index is 12.4. The predicted molar refractivity (Wildman–Crippen MR) is 112 cm³/mol. The molecule has 28 heavy (non-hydrogen) atoms. The summed E-state index contributed by atoms with van der Waals surface area (Å²) in [6, 6.07) is 13.4. The molecule has 0 fully saturated rings. The van der Waals surface area contributed by atoms with Crippen LogP contribution in [0, 0.1) is 5.92 Å². The average molecular weight is 378 g/mol. The van der Waals surface area contributed by atoms with E-state index >= 15 is 0 Å². The fraction of sp³-hybridized carbons (Fsp3) is 0.318. The van der Waals surface area contributed by atoms with Crippen molar-refractivity contribution in [1.29, 1.82) is 0 Å². The highest BCUT2D eigenvalue weighted by atomic mass is 16.2. The minimum atomic E-state index is -0.0875. The van der Waals surface area contributed by atoms with Gasteiger partial charge in [-0.05, 0) is 47.7 Å². The normalized spacial score (nSPS) is 11.0. The molecule has 0 bridgehead atoms. The number of fused-ring (bicyclic) bond motifs is 1. The van der Waals surface area contributed by atoms with E-state index in [9.17, 15) is 9.59 Å². The maximum Gasteiger partial charge on any atom is 0.251 e. The van der Waals surface area contributed by atoms with Crippen molar-refractivity contribution in [3.05, 3.63) is 48.0 Å². The van der Waals surface area contributed by atoms with Crippen molar-refractivity contribution in [2.75, 3.05) is 11.9 Å². The third-order valence-electron chi connectivity index (χ3n) is 4.53. The fourth-order valence-electron chi connectivity index (χ4n) is 2.89. The second kappa shape index (κ2) is 8.69. The number of benzene rings is 2. The molecule has 3 N–H and O–H groups in total. The van der Waals surface area contributed by atoms with E-state index in [-0.39, 0.29) is 11.8 Å². The van der Waals surface area contributed by atoms with Gasteiger partial charge in [-0.3, -0.25) is 14.9 Å². The third-order valence-corrected chi connectivity index (χ3v) is 4.53. The molecule has 2 amide bonds. The Bertz CT molecular complexity index is 991. The van der Waals surface area contributed by atoms with Gasteiger partial charge in [-0.1, -0.05) is 39.0 Å². The second-order valence-electron chi connectivity index (χ2n) is 7.24. The van der Waals surface area contributed by atoms with E-state index in [1.165, 1.54) is 0 Å². The van der Waals surface area contributed by atoms with Crippen molar-refractivity contribution in [3.63, 3.8) is 0 Å². The lowest BCUT2D eigenvalue weighted by atomic mass is 10.0. The Morgan fingerprint density at radius 2 is 1.89 bits per heavy atom. The summed E-state index contributed by atoms with van der Waals surface area (Å²) in [7, 11) is 0. The summed E-state index contributed by atoms with van der Waals surface area (Å²) < 4.78 is 0. The lowest BCUT2D eigenvalue weighted by molar-refractivity contribution is -0.115. The van der Waals surface area contributed by atoms with E-state index in [1.54, 1.807) is 6.92 Å². The number of hydrogen-bond acceptors (Lipinski definition) is 3. The van der Waals surface area contributed by atoms with E-state index in [0.717, 1.165) is 28.6 Å². The monoisotopic (exact) mass is 378 g/mol. The number of anilines is 1. The predicted octanol–water partition coefficient (Wildman–Crippen LogP) is 4.35.